The second-order valence-electron chi connectivity index (χ2n) is 5.05. The molecule has 1 heterocycles. The van der Waals surface area contributed by atoms with E-state index in [1.807, 2.05) is 0 Å². The molecule has 2 atom stereocenters. The van der Waals surface area contributed by atoms with Gasteiger partial charge in [-0.1, -0.05) is 0 Å². The normalized spacial score (nSPS) is 33.2. The van der Waals surface area contributed by atoms with Gasteiger partial charge in [0.2, 0.25) is 0 Å². The monoisotopic (exact) mass is 197 g/mol. The fraction of sp³-hybridized carbons (Fsp3) is 1.00. The minimum atomic E-state index is 0.310. The Kier molecular flexibility index (Phi) is 3.10. The molecule has 3 nitrogen and oxygen atoms in total. The Hall–Kier alpha value is -0.120. The predicted molar refractivity (Wildman–Crippen MR) is 59.3 cm³/mol. The lowest BCUT2D eigenvalue weighted by Gasteiger charge is -2.40. The van der Waals surface area contributed by atoms with Crippen LogP contribution in [0.25, 0.3) is 0 Å². The van der Waals surface area contributed by atoms with Gasteiger partial charge in [-0.2, -0.15) is 0 Å². The van der Waals surface area contributed by atoms with E-state index in [2.05, 4.69) is 23.6 Å². The summed E-state index contributed by atoms with van der Waals surface area (Å²) in [7, 11) is 0. The summed E-state index contributed by atoms with van der Waals surface area (Å²) in [5.41, 5.74) is 5.84. The Morgan fingerprint density at radius 2 is 2.07 bits per heavy atom. The van der Waals surface area contributed by atoms with Crippen molar-refractivity contribution in [2.75, 3.05) is 26.2 Å². The van der Waals surface area contributed by atoms with Gasteiger partial charge in [0.1, 0.15) is 0 Å². The summed E-state index contributed by atoms with van der Waals surface area (Å²) in [6.07, 6.45) is 2.86. The van der Waals surface area contributed by atoms with Crippen LogP contribution in [0.4, 0.5) is 0 Å². The molecule has 0 aromatic heterocycles. The Morgan fingerprint density at radius 1 is 1.36 bits per heavy atom. The Balaban J connectivity index is 1.80. The van der Waals surface area contributed by atoms with E-state index in [-0.39, 0.29) is 0 Å². The third-order valence-corrected chi connectivity index (χ3v) is 3.38. The Labute approximate surface area is 87.2 Å². The summed E-state index contributed by atoms with van der Waals surface area (Å²) < 4.78 is 0. The van der Waals surface area contributed by atoms with Crippen LogP contribution in [-0.4, -0.2) is 54.1 Å². The van der Waals surface area contributed by atoms with E-state index in [1.165, 1.54) is 32.5 Å². The standard InChI is InChI=1S/C11H23N3/c1-9(12)7-13-5-6-14(8-10(13)2)11-3-4-11/h9-11H,3-8,12H2,1-2H3. The van der Waals surface area contributed by atoms with Crippen LogP contribution < -0.4 is 5.73 Å². The van der Waals surface area contributed by atoms with Crippen molar-refractivity contribution in [3.63, 3.8) is 0 Å². The maximum Gasteiger partial charge on any atom is 0.0196 e. The zero-order valence-corrected chi connectivity index (χ0v) is 9.45. The third kappa shape index (κ3) is 2.47. The van der Waals surface area contributed by atoms with E-state index in [0.717, 1.165) is 12.6 Å². The second kappa shape index (κ2) is 4.17. The molecular weight excluding hydrogens is 174 g/mol. The fourth-order valence-electron chi connectivity index (χ4n) is 2.44. The average Bonchev–Trinajstić information content (AvgIpc) is 2.90. The van der Waals surface area contributed by atoms with E-state index in [1.54, 1.807) is 0 Å². The summed E-state index contributed by atoms with van der Waals surface area (Å²) in [6.45, 7) is 9.19. The number of nitrogens with zero attached hydrogens (tertiary/aromatic N) is 2. The molecule has 1 saturated heterocycles. The van der Waals surface area contributed by atoms with E-state index >= 15 is 0 Å². The van der Waals surface area contributed by atoms with Gasteiger partial charge in [0, 0.05) is 44.3 Å². The molecule has 1 saturated carbocycles. The van der Waals surface area contributed by atoms with Gasteiger partial charge in [0.15, 0.2) is 0 Å². The predicted octanol–water partition coefficient (Wildman–Crippen LogP) is 0.502. The molecule has 0 amide bonds. The highest BCUT2D eigenvalue weighted by molar-refractivity contribution is 4.90. The molecular formula is C11H23N3. The summed E-state index contributed by atoms with van der Waals surface area (Å²) >= 11 is 0. The van der Waals surface area contributed by atoms with Crippen LogP contribution in [0.1, 0.15) is 26.7 Å². The van der Waals surface area contributed by atoms with Gasteiger partial charge < -0.3 is 5.73 Å². The smallest absolute Gasteiger partial charge is 0.0196 e. The number of hydrogen-bond acceptors (Lipinski definition) is 3. The molecule has 2 aliphatic rings. The SMILES string of the molecule is CC(N)CN1CCN(C2CC2)CC1C. The molecule has 0 aromatic carbocycles. The third-order valence-electron chi connectivity index (χ3n) is 3.38. The summed E-state index contributed by atoms with van der Waals surface area (Å²) in [5, 5.41) is 0. The van der Waals surface area contributed by atoms with Crippen LogP contribution in [0.15, 0.2) is 0 Å². The molecule has 3 heteroatoms. The van der Waals surface area contributed by atoms with Gasteiger partial charge in [0.25, 0.3) is 0 Å². The van der Waals surface area contributed by atoms with Crippen molar-refractivity contribution in [3.05, 3.63) is 0 Å². The largest absolute Gasteiger partial charge is 0.327 e. The zero-order valence-electron chi connectivity index (χ0n) is 9.45. The second-order valence-corrected chi connectivity index (χ2v) is 5.05. The topological polar surface area (TPSA) is 32.5 Å². The Morgan fingerprint density at radius 3 is 2.57 bits per heavy atom. The van der Waals surface area contributed by atoms with Crippen LogP contribution in [0.3, 0.4) is 0 Å². The Bertz CT molecular complexity index is 189. The number of rotatable bonds is 3. The average molecular weight is 197 g/mol. The van der Waals surface area contributed by atoms with Crippen molar-refractivity contribution < 1.29 is 0 Å². The van der Waals surface area contributed by atoms with E-state index in [0.29, 0.717) is 12.1 Å². The first-order chi connectivity index (χ1) is 6.66. The first-order valence-corrected chi connectivity index (χ1v) is 5.90. The summed E-state index contributed by atoms with van der Waals surface area (Å²) in [6, 6.07) is 1.93. The van der Waals surface area contributed by atoms with Crippen LogP contribution in [0.2, 0.25) is 0 Å². The van der Waals surface area contributed by atoms with Crippen molar-refractivity contribution in [1.82, 2.24) is 9.80 Å². The van der Waals surface area contributed by atoms with Crippen molar-refractivity contribution in [1.29, 1.82) is 0 Å². The molecule has 2 N–H and O–H groups in total. The molecule has 0 spiro atoms. The lowest BCUT2D eigenvalue weighted by atomic mass is 10.1. The highest BCUT2D eigenvalue weighted by atomic mass is 15.3. The van der Waals surface area contributed by atoms with Gasteiger partial charge in [-0.25, -0.2) is 0 Å². The zero-order chi connectivity index (χ0) is 10.1. The van der Waals surface area contributed by atoms with Gasteiger partial charge in [0.05, 0.1) is 0 Å². The molecule has 0 bridgehead atoms. The van der Waals surface area contributed by atoms with Crippen LogP contribution in [0.5, 0.6) is 0 Å². The minimum absolute atomic E-state index is 0.310. The molecule has 1 aliphatic carbocycles. The molecule has 1 aliphatic heterocycles. The maximum absolute atomic E-state index is 5.84. The molecule has 0 radical (unpaired) electrons. The lowest BCUT2D eigenvalue weighted by Crippen LogP contribution is -2.54. The number of piperazine rings is 1. The van der Waals surface area contributed by atoms with Crippen molar-refractivity contribution >= 4 is 0 Å². The van der Waals surface area contributed by atoms with Crippen LogP contribution in [-0.2, 0) is 0 Å². The van der Waals surface area contributed by atoms with Crippen LogP contribution in [0, 0.1) is 0 Å². The van der Waals surface area contributed by atoms with E-state index in [9.17, 15) is 0 Å². The lowest BCUT2D eigenvalue weighted by molar-refractivity contribution is 0.0753. The van der Waals surface area contributed by atoms with Gasteiger partial charge in [-0.3, -0.25) is 9.80 Å². The number of nitrogens with two attached hydrogens (primary N) is 1. The molecule has 2 unspecified atom stereocenters. The summed E-state index contributed by atoms with van der Waals surface area (Å²) in [5.74, 6) is 0. The number of hydrogen-bond donors (Lipinski definition) is 1. The molecule has 0 aromatic rings. The first kappa shape index (κ1) is 10.4. The molecule has 2 rings (SSSR count). The maximum atomic E-state index is 5.84. The van der Waals surface area contributed by atoms with Crippen molar-refractivity contribution in [2.45, 2.75) is 44.8 Å². The molecule has 14 heavy (non-hydrogen) atoms. The summed E-state index contributed by atoms with van der Waals surface area (Å²) in [4.78, 5) is 5.19. The quantitative estimate of drug-likeness (QED) is 0.715. The van der Waals surface area contributed by atoms with E-state index < -0.39 is 0 Å². The van der Waals surface area contributed by atoms with Crippen molar-refractivity contribution in [2.24, 2.45) is 5.73 Å². The highest BCUT2D eigenvalue weighted by Gasteiger charge is 2.33. The van der Waals surface area contributed by atoms with Crippen molar-refractivity contribution in [3.8, 4) is 0 Å². The van der Waals surface area contributed by atoms with Gasteiger partial charge >= 0.3 is 0 Å². The van der Waals surface area contributed by atoms with Crippen LogP contribution >= 0.6 is 0 Å². The van der Waals surface area contributed by atoms with Gasteiger partial charge in [-0.15, -0.1) is 0 Å². The first-order valence-electron chi connectivity index (χ1n) is 5.90. The van der Waals surface area contributed by atoms with E-state index in [4.69, 9.17) is 5.73 Å². The molecule has 82 valence electrons. The highest BCUT2D eigenvalue weighted by Crippen LogP contribution is 2.28. The minimum Gasteiger partial charge on any atom is -0.327 e. The van der Waals surface area contributed by atoms with Gasteiger partial charge in [-0.05, 0) is 26.7 Å². The molecule has 2 fully saturated rings. The fourth-order valence-corrected chi connectivity index (χ4v) is 2.44.